The van der Waals surface area contributed by atoms with Gasteiger partial charge in [-0.2, -0.15) is 0 Å². The molecule has 0 unspecified atom stereocenters. The molecule has 92 valence electrons. The van der Waals surface area contributed by atoms with Crippen LogP contribution in [0.3, 0.4) is 0 Å². The summed E-state index contributed by atoms with van der Waals surface area (Å²) in [7, 11) is 1.99. The van der Waals surface area contributed by atoms with Gasteiger partial charge in [-0.3, -0.25) is 0 Å². The van der Waals surface area contributed by atoms with Crippen LogP contribution in [0, 0.1) is 13.8 Å². The van der Waals surface area contributed by atoms with Crippen LogP contribution in [0.1, 0.15) is 55.9 Å². The van der Waals surface area contributed by atoms with E-state index in [-0.39, 0.29) is 0 Å². The Morgan fingerprint density at radius 1 is 1.06 bits per heavy atom. The van der Waals surface area contributed by atoms with Crippen LogP contribution < -0.4 is 5.32 Å². The molecule has 1 aromatic rings. The molecule has 1 N–H and O–H groups in total. The highest BCUT2D eigenvalue weighted by Gasteiger charge is 2.06. The summed E-state index contributed by atoms with van der Waals surface area (Å²) >= 11 is 0. The molecule has 1 rings (SSSR count). The number of aryl methyl sites for hydroxylation is 2. The molecule has 0 bridgehead atoms. The minimum atomic E-state index is 0.617. The van der Waals surface area contributed by atoms with Crippen LogP contribution >= 0.6 is 0 Å². The van der Waals surface area contributed by atoms with Gasteiger partial charge in [0.2, 0.25) is 0 Å². The summed E-state index contributed by atoms with van der Waals surface area (Å²) in [5.41, 5.74) is 5.70. The zero-order valence-corrected chi connectivity index (χ0v) is 11.9. The molecule has 0 amide bonds. The topological polar surface area (TPSA) is 12.0 Å². The Bertz CT molecular complexity index is 313. The van der Waals surface area contributed by atoms with Gasteiger partial charge in [0.15, 0.2) is 0 Å². The molecule has 16 heavy (non-hydrogen) atoms. The third kappa shape index (κ3) is 3.97. The summed E-state index contributed by atoms with van der Waals surface area (Å²) in [6.07, 6.45) is 0. The molecule has 0 saturated carbocycles. The summed E-state index contributed by atoms with van der Waals surface area (Å²) in [5.74, 6) is 0.617. The van der Waals surface area contributed by atoms with E-state index >= 15 is 0 Å². The molecule has 1 nitrogen and oxygen atoms in total. The highest BCUT2D eigenvalue weighted by atomic mass is 14.8. The largest absolute Gasteiger partial charge is 0.316 e. The average molecular weight is 221 g/mol. The lowest BCUT2D eigenvalue weighted by Gasteiger charge is -2.14. The first-order chi connectivity index (χ1) is 7.56. The van der Waals surface area contributed by atoms with Crippen LogP contribution in [0.25, 0.3) is 0 Å². The molecule has 1 aromatic carbocycles. The van der Waals surface area contributed by atoms with Gasteiger partial charge in [-0.15, -0.1) is 0 Å². The maximum atomic E-state index is 3.21. The smallest absolute Gasteiger partial charge is 0.0205 e. The van der Waals surface area contributed by atoms with E-state index in [0.29, 0.717) is 5.92 Å². The predicted molar refractivity (Wildman–Crippen MR) is 74.1 cm³/mol. The van der Waals surface area contributed by atoms with Crippen molar-refractivity contribution in [3.05, 3.63) is 34.4 Å². The SMILES string of the molecule is CC.CNCc1cc(C(C)C)c(C)cc1C. The third-order valence-corrected chi connectivity index (χ3v) is 2.71. The Morgan fingerprint density at radius 3 is 2.06 bits per heavy atom. The van der Waals surface area contributed by atoms with Gasteiger partial charge in [0.25, 0.3) is 0 Å². The number of benzene rings is 1. The highest BCUT2D eigenvalue weighted by molar-refractivity contribution is 5.38. The summed E-state index contributed by atoms with van der Waals surface area (Å²) in [6, 6.07) is 4.63. The van der Waals surface area contributed by atoms with Gasteiger partial charge >= 0.3 is 0 Å². The molecule has 0 heterocycles. The lowest BCUT2D eigenvalue weighted by atomic mass is 9.93. The second-order valence-corrected chi connectivity index (χ2v) is 4.32. The van der Waals surface area contributed by atoms with Gasteiger partial charge in [-0.05, 0) is 49.1 Å². The van der Waals surface area contributed by atoms with E-state index in [1.807, 2.05) is 20.9 Å². The Kier molecular flexibility index (Phi) is 7.07. The van der Waals surface area contributed by atoms with E-state index in [1.54, 1.807) is 0 Å². The summed E-state index contributed by atoms with van der Waals surface area (Å²) in [4.78, 5) is 0. The van der Waals surface area contributed by atoms with Crippen molar-refractivity contribution in [2.75, 3.05) is 7.05 Å². The first kappa shape index (κ1) is 15.2. The maximum Gasteiger partial charge on any atom is 0.0205 e. The van der Waals surface area contributed by atoms with Crippen LogP contribution in [0.2, 0.25) is 0 Å². The Hall–Kier alpha value is -0.820. The fourth-order valence-corrected chi connectivity index (χ4v) is 1.92. The minimum absolute atomic E-state index is 0.617. The normalized spacial score (nSPS) is 10.0. The zero-order valence-electron chi connectivity index (χ0n) is 11.9. The second-order valence-electron chi connectivity index (χ2n) is 4.32. The minimum Gasteiger partial charge on any atom is -0.316 e. The first-order valence-corrected chi connectivity index (χ1v) is 6.31. The Morgan fingerprint density at radius 2 is 1.62 bits per heavy atom. The van der Waals surface area contributed by atoms with Crippen molar-refractivity contribution in [3.63, 3.8) is 0 Å². The number of rotatable bonds is 3. The fourth-order valence-electron chi connectivity index (χ4n) is 1.92. The van der Waals surface area contributed by atoms with Gasteiger partial charge in [0.1, 0.15) is 0 Å². The standard InChI is InChI=1S/C13H21N.C2H6/c1-9(2)13-7-12(8-14-5)10(3)6-11(13)4;1-2/h6-7,9,14H,8H2,1-5H3;1-2H3. The van der Waals surface area contributed by atoms with Crippen LogP contribution in [0.4, 0.5) is 0 Å². The van der Waals surface area contributed by atoms with Gasteiger partial charge in [-0.25, -0.2) is 0 Å². The molecule has 0 spiro atoms. The van der Waals surface area contributed by atoms with E-state index in [9.17, 15) is 0 Å². The molecule has 0 aliphatic carbocycles. The van der Waals surface area contributed by atoms with E-state index in [2.05, 4.69) is 45.1 Å². The molecule has 1 heteroatoms. The average Bonchev–Trinajstić information content (AvgIpc) is 2.24. The molecule has 0 radical (unpaired) electrons. The molecular weight excluding hydrogens is 194 g/mol. The number of nitrogens with one attached hydrogen (secondary N) is 1. The molecule has 0 atom stereocenters. The predicted octanol–water partition coefficient (Wildman–Crippen LogP) is 4.17. The molecule has 0 saturated heterocycles. The first-order valence-electron chi connectivity index (χ1n) is 6.31. The Balaban J connectivity index is 0.00000106. The second kappa shape index (κ2) is 7.45. The van der Waals surface area contributed by atoms with Crippen molar-refractivity contribution < 1.29 is 0 Å². The van der Waals surface area contributed by atoms with Gasteiger partial charge in [0, 0.05) is 6.54 Å². The third-order valence-electron chi connectivity index (χ3n) is 2.71. The van der Waals surface area contributed by atoms with Crippen LogP contribution in [-0.2, 0) is 6.54 Å². The lowest BCUT2D eigenvalue weighted by molar-refractivity contribution is 0.798. The van der Waals surface area contributed by atoms with Crippen LogP contribution in [0.5, 0.6) is 0 Å². The summed E-state index contributed by atoms with van der Waals surface area (Å²) < 4.78 is 0. The van der Waals surface area contributed by atoms with Crippen molar-refractivity contribution in [1.29, 1.82) is 0 Å². The lowest BCUT2D eigenvalue weighted by Crippen LogP contribution is -2.08. The van der Waals surface area contributed by atoms with Crippen molar-refractivity contribution >= 4 is 0 Å². The zero-order chi connectivity index (χ0) is 12.7. The van der Waals surface area contributed by atoms with Crippen LogP contribution in [-0.4, -0.2) is 7.05 Å². The van der Waals surface area contributed by atoms with Crippen molar-refractivity contribution in [3.8, 4) is 0 Å². The van der Waals surface area contributed by atoms with Crippen molar-refractivity contribution in [2.24, 2.45) is 0 Å². The molecule has 0 aliphatic heterocycles. The van der Waals surface area contributed by atoms with E-state index < -0.39 is 0 Å². The van der Waals surface area contributed by atoms with Crippen molar-refractivity contribution in [2.45, 2.75) is 54.0 Å². The number of hydrogen-bond acceptors (Lipinski definition) is 1. The molecule has 0 aromatic heterocycles. The van der Waals surface area contributed by atoms with E-state index in [0.717, 1.165) is 6.54 Å². The van der Waals surface area contributed by atoms with Crippen LogP contribution in [0.15, 0.2) is 12.1 Å². The van der Waals surface area contributed by atoms with E-state index in [1.165, 1.54) is 22.3 Å². The Labute approximate surface area is 101 Å². The summed E-state index contributed by atoms with van der Waals surface area (Å²) in [6.45, 7) is 13.8. The number of hydrogen-bond donors (Lipinski definition) is 1. The van der Waals surface area contributed by atoms with Crippen molar-refractivity contribution in [1.82, 2.24) is 5.32 Å². The van der Waals surface area contributed by atoms with Gasteiger partial charge in [0.05, 0.1) is 0 Å². The maximum absolute atomic E-state index is 3.21. The monoisotopic (exact) mass is 221 g/mol. The molecule has 0 fully saturated rings. The molecular formula is C15H27N. The quantitative estimate of drug-likeness (QED) is 0.807. The highest BCUT2D eigenvalue weighted by Crippen LogP contribution is 2.22. The van der Waals surface area contributed by atoms with E-state index in [4.69, 9.17) is 0 Å². The van der Waals surface area contributed by atoms with Gasteiger partial charge in [-0.1, -0.05) is 39.8 Å². The fraction of sp³-hybridized carbons (Fsp3) is 0.600. The summed E-state index contributed by atoms with van der Waals surface area (Å²) in [5, 5.41) is 3.21. The van der Waals surface area contributed by atoms with Gasteiger partial charge < -0.3 is 5.32 Å². The molecule has 0 aliphatic rings.